The molecule has 19 aromatic carbocycles. The molecule has 0 radical (unpaired) electrons. The molecule has 2 aromatic heterocycles. The molecule has 0 unspecified atom stereocenters. The summed E-state index contributed by atoms with van der Waals surface area (Å²) < 4.78 is 4.73. The Hall–Kier alpha value is -14.9. The maximum atomic E-state index is 2.40. The molecule has 0 saturated carbocycles. The predicted octanol–water partition coefficient (Wildman–Crippen LogP) is 32.1. The van der Waals surface area contributed by atoms with Crippen molar-refractivity contribution in [3.8, 4) is 100 Å². The molecule has 594 valence electrons. The van der Waals surface area contributed by atoms with Crippen LogP contribution in [0.25, 0.3) is 155 Å². The van der Waals surface area contributed by atoms with Gasteiger partial charge in [-0.1, -0.05) is 371 Å². The summed E-state index contributed by atoms with van der Waals surface area (Å²) in [5.41, 5.74) is 33.2. The summed E-state index contributed by atoms with van der Waals surface area (Å²) in [4.78, 5) is 4.71. The van der Waals surface area contributed by atoms with Gasteiger partial charge >= 0.3 is 0 Å². The van der Waals surface area contributed by atoms with Crippen molar-refractivity contribution in [2.75, 3.05) is 9.80 Å². The molecule has 21 aromatic rings. The molecule has 4 nitrogen and oxygen atoms in total. The van der Waals surface area contributed by atoms with Gasteiger partial charge in [0.25, 0.3) is 0 Å². The van der Waals surface area contributed by atoms with Crippen LogP contribution in [0.2, 0.25) is 39.3 Å². The Morgan fingerprint density at radius 1 is 0.161 bits per heavy atom. The summed E-state index contributed by atoms with van der Waals surface area (Å²) in [5, 5.41) is 10.5. The first-order valence-electron chi connectivity index (χ1n) is 43.1. The number of rotatable bonds is 18. The number of benzene rings is 19. The fourth-order valence-corrected chi connectivity index (χ4v) is 20.1. The number of aromatic nitrogens is 2. The van der Waals surface area contributed by atoms with E-state index in [0.29, 0.717) is 0 Å². The molecule has 6 heteroatoms. The molecular weight excluding hydrogens is 1530 g/mol. The lowest BCUT2D eigenvalue weighted by Crippen LogP contribution is -2.37. The quantitative estimate of drug-likeness (QED) is 0.0796. The van der Waals surface area contributed by atoms with Crippen molar-refractivity contribution < 1.29 is 0 Å². The van der Waals surface area contributed by atoms with Gasteiger partial charge in [-0.15, -0.1) is 0 Å². The van der Waals surface area contributed by atoms with Crippen molar-refractivity contribution in [1.82, 2.24) is 9.13 Å². The Kier molecular flexibility index (Phi) is 20.8. The molecule has 21 rings (SSSR count). The largest absolute Gasteiger partial charge is 0.311 e. The molecule has 0 spiro atoms. The Morgan fingerprint density at radius 3 is 0.694 bits per heavy atom. The van der Waals surface area contributed by atoms with E-state index in [1.54, 1.807) is 0 Å². The molecule has 0 aliphatic carbocycles. The van der Waals surface area contributed by atoms with Gasteiger partial charge in [-0.25, -0.2) is 0 Å². The minimum Gasteiger partial charge on any atom is -0.311 e. The summed E-state index contributed by atoms with van der Waals surface area (Å²) >= 11 is 0. The van der Waals surface area contributed by atoms with Gasteiger partial charge in [0.1, 0.15) is 0 Å². The molecule has 0 aliphatic rings. The van der Waals surface area contributed by atoms with Crippen LogP contribution in [-0.4, -0.2) is 25.3 Å². The van der Waals surface area contributed by atoms with Crippen LogP contribution in [-0.2, 0) is 0 Å². The fourth-order valence-electron chi connectivity index (χ4n) is 17.8. The predicted molar refractivity (Wildman–Crippen MR) is 538 cm³/mol. The minimum atomic E-state index is -1.37. The van der Waals surface area contributed by atoms with Gasteiger partial charge in [-0.2, -0.15) is 0 Å². The van der Waals surface area contributed by atoms with Crippen LogP contribution in [0.15, 0.2) is 461 Å². The monoisotopic (exact) mass is 1620 g/mol. The first kappa shape index (κ1) is 77.7. The van der Waals surface area contributed by atoms with E-state index >= 15 is 0 Å². The van der Waals surface area contributed by atoms with Gasteiger partial charge in [-0.3, -0.25) is 0 Å². The summed E-state index contributed by atoms with van der Waals surface area (Å²) in [5.74, 6) is 0. The highest BCUT2D eigenvalue weighted by Gasteiger charge is 2.22. The topological polar surface area (TPSA) is 16.3 Å². The van der Waals surface area contributed by atoms with E-state index in [4.69, 9.17) is 0 Å². The summed E-state index contributed by atoms with van der Waals surface area (Å²) in [6.45, 7) is 14.4. The zero-order valence-electron chi connectivity index (χ0n) is 70.7. The molecule has 124 heavy (non-hydrogen) atoms. The lowest BCUT2D eigenvalue weighted by molar-refractivity contribution is 1.18. The summed E-state index contributed by atoms with van der Waals surface area (Å²) in [7, 11) is -2.73. The van der Waals surface area contributed by atoms with Gasteiger partial charge in [0.15, 0.2) is 0 Å². The fraction of sp³-hybridized carbons (Fsp3) is 0.0508. The minimum absolute atomic E-state index is 1.11. The maximum absolute atomic E-state index is 2.40. The highest BCUT2D eigenvalue weighted by Crippen LogP contribution is 2.44. The van der Waals surface area contributed by atoms with Gasteiger partial charge in [-0.05, 0) is 239 Å². The van der Waals surface area contributed by atoms with E-state index in [0.717, 1.165) is 34.1 Å². The SMILES string of the molecule is C[Si](C)(C)c1ccc(-c2ccc(N(c3ccc(-c4ccc(-c5ccc6c(c5)c5ccccc5n6-c5ccccc5)cc4)cc3)c3ccc(-c4ccc5ccccc5c4)cc3)cc2)cc1.C[Si](C)(C)c1ccc(-c2ccc(N(c3ccc(-c4ccccc4)cc3)c3ccc(-c4ccc(-c5ccc6c(c5)c5ccccc5n6-c5ccccc5)cc4)cc3)cc2)cc1. The second-order valence-corrected chi connectivity index (χ2v) is 44.7. The highest BCUT2D eigenvalue weighted by atomic mass is 28.3. The Balaban J connectivity index is 0.000000157. The Labute approximate surface area is 729 Å². The molecule has 0 amide bonds. The van der Waals surface area contributed by atoms with E-state index in [2.05, 4.69) is 519 Å². The average molecular weight is 1620 g/mol. The zero-order valence-corrected chi connectivity index (χ0v) is 72.7. The smallest absolute Gasteiger partial charge is 0.0775 e. The number of hydrogen-bond acceptors (Lipinski definition) is 2. The third-order valence-electron chi connectivity index (χ3n) is 24.6. The molecule has 0 bridgehead atoms. The number of fused-ring (bicyclic) bond motifs is 7. The van der Waals surface area contributed by atoms with Gasteiger partial charge in [0, 0.05) is 67.0 Å². The first-order valence-corrected chi connectivity index (χ1v) is 50.1. The highest BCUT2D eigenvalue weighted by molar-refractivity contribution is 6.89. The first-order chi connectivity index (χ1) is 60.7. The van der Waals surface area contributed by atoms with Crippen LogP contribution in [0.5, 0.6) is 0 Å². The van der Waals surface area contributed by atoms with Crippen molar-refractivity contribution in [3.05, 3.63) is 461 Å². The van der Waals surface area contributed by atoms with Gasteiger partial charge < -0.3 is 18.9 Å². The third kappa shape index (κ3) is 15.7. The van der Waals surface area contributed by atoms with Crippen LogP contribution in [0.4, 0.5) is 34.1 Å². The van der Waals surface area contributed by atoms with Crippen LogP contribution in [0.1, 0.15) is 0 Å². The standard InChI is InChI=1S/C61H48N2Si.C57H46N2Si/c1-64(2,3)57-38-29-47(30-39-57)46-25-34-55(35-26-46)62(56-36-27-49(28-37-56)51-22-21-43-11-7-8-12-50(43)41-51)54-32-23-45(24-33-54)44-17-19-48(20-18-44)52-31-40-61-59(42-52)58-15-9-10-16-60(58)63(61)53-13-5-4-6-14-53;1-60(2,3)53-37-28-46(29-38-53)45-26-35-52(36-27-45)58(50-31-22-43(23-32-50)41-12-6-4-7-13-41)51-33-24-44(25-34-51)42-18-20-47(21-19-42)48-30-39-57-55(40-48)54-16-10-11-17-56(54)59(57)49-14-8-5-9-15-49/h4-42H,1-3H3;4-40H,1-3H3. The normalized spacial score (nSPS) is 11.6. The van der Waals surface area contributed by atoms with E-state index in [9.17, 15) is 0 Å². The summed E-state index contributed by atoms with van der Waals surface area (Å²) in [6, 6.07) is 169. The van der Waals surface area contributed by atoms with Gasteiger partial charge in [0.05, 0.1) is 38.2 Å². The maximum Gasteiger partial charge on any atom is 0.0775 e. The van der Waals surface area contributed by atoms with Crippen LogP contribution < -0.4 is 20.2 Å². The molecule has 0 fully saturated rings. The molecule has 0 atom stereocenters. The number of nitrogens with zero attached hydrogens (tertiary/aromatic N) is 4. The molecule has 0 N–H and O–H groups in total. The second kappa shape index (κ2) is 33.2. The zero-order chi connectivity index (χ0) is 83.8. The van der Waals surface area contributed by atoms with E-state index in [1.807, 2.05) is 0 Å². The summed E-state index contributed by atoms with van der Waals surface area (Å²) in [6.07, 6.45) is 0. The molecule has 2 heterocycles. The average Bonchev–Trinajstić information content (AvgIpc) is 1.59. The van der Waals surface area contributed by atoms with Crippen molar-refractivity contribution in [1.29, 1.82) is 0 Å². The Bertz CT molecular complexity index is 7360. The number of para-hydroxylation sites is 4. The van der Waals surface area contributed by atoms with Crippen LogP contribution in [0, 0.1) is 0 Å². The lowest BCUT2D eigenvalue weighted by Gasteiger charge is -2.26. The molecule has 0 saturated heterocycles. The van der Waals surface area contributed by atoms with E-state index < -0.39 is 16.1 Å². The van der Waals surface area contributed by atoms with E-state index in [1.165, 1.54) is 165 Å². The second-order valence-electron chi connectivity index (χ2n) is 34.5. The number of hydrogen-bond donors (Lipinski definition) is 0. The van der Waals surface area contributed by atoms with Gasteiger partial charge in [0.2, 0.25) is 0 Å². The molecular formula is C118H94N4Si2. The van der Waals surface area contributed by atoms with Crippen LogP contribution >= 0.6 is 0 Å². The van der Waals surface area contributed by atoms with Crippen LogP contribution in [0.3, 0.4) is 0 Å². The third-order valence-corrected chi connectivity index (χ3v) is 28.7. The Morgan fingerprint density at radius 2 is 0.379 bits per heavy atom. The van der Waals surface area contributed by atoms with Crippen molar-refractivity contribution in [2.24, 2.45) is 0 Å². The number of anilines is 6. The van der Waals surface area contributed by atoms with Crippen molar-refractivity contribution in [3.63, 3.8) is 0 Å². The van der Waals surface area contributed by atoms with Crippen molar-refractivity contribution >= 4 is 115 Å². The van der Waals surface area contributed by atoms with Crippen molar-refractivity contribution in [2.45, 2.75) is 39.3 Å². The lowest BCUT2D eigenvalue weighted by atomic mass is 9.98. The molecule has 0 aliphatic heterocycles. The van der Waals surface area contributed by atoms with E-state index in [-0.39, 0.29) is 0 Å².